The van der Waals surface area contributed by atoms with E-state index in [2.05, 4.69) is 23.1 Å². The fourth-order valence-corrected chi connectivity index (χ4v) is 1.90. The quantitative estimate of drug-likeness (QED) is 0.465. The molecule has 0 spiro atoms. The zero-order valence-corrected chi connectivity index (χ0v) is 9.06. The van der Waals surface area contributed by atoms with Gasteiger partial charge >= 0.3 is 0 Å². The molecule has 1 atom stereocenters. The van der Waals surface area contributed by atoms with Crippen molar-refractivity contribution in [3.8, 4) is 0 Å². The van der Waals surface area contributed by atoms with Gasteiger partial charge in [-0.15, -0.1) is 6.58 Å². The molecule has 2 rings (SSSR count). The molecule has 1 heterocycles. The zero-order valence-electron chi connectivity index (χ0n) is 9.06. The molecular weight excluding hydrogens is 198 g/mol. The molecule has 0 aliphatic heterocycles. The van der Waals surface area contributed by atoms with Gasteiger partial charge in [-0.05, 0) is 23.4 Å². The number of benzene rings is 1. The lowest BCUT2D eigenvalue weighted by atomic mass is 9.98. The number of rotatable bonds is 4. The second kappa shape index (κ2) is 4.88. The number of hydrazine groups is 1. The molecule has 16 heavy (non-hydrogen) atoms. The predicted octanol–water partition coefficient (Wildman–Crippen LogP) is 2.32. The van der Waals surface area contributed by atoms with Gasteiger partial charge in [-0.2, -0.15) is 0 Å². The second-order valence-corrected chi connectivity index (χ2v) is 3.69. The Hall–Kier alpha value is -1.71. The van der Waals surface area contributed by atoms with Crippen molar-refractivity contribution in [2.24, 2.45) is 5.84 Å². The summed E-state index contributed by atoms with van der Waals surface area (Å²) < 4.78 is 0. The fourth-order valence-electron chi connectivity index (χ4n) is 1.90. The van der Waals surface area contributed by atoms with Gasteiger partial charge in [0.2, 0.25) is 0 Å². The van der Waals surface area contributed by atoms with Gasteiger partial charge in [-0.1, -0.05) is 24.3 Å². The van der Waals surface area contributed by atoms with Crippen molar-refractivity contribution >= 4 is 10.8 Å². The van der Waals surface area contributed by atoms with Gasteiger partial charge < -0.3 is 0 Å². The molecule has 0 fully saturated rings. The normalized spacial score (nSPS) is 12.6. The Balaban J connectivity index is 2.54. The van der Waals surface area contributed by atoms with E-state index >= 15 is 0 Å². The number of nitrogens with two attached hydrogens (primary N) is 1. The highest BCUT2D eigenvalue weighted by Gasteiger charge is 2.10. The largest absolute Gasteiger partial charge is 0.271 e. The molecular formula is C13H15N3. The van der Waals surface area contributed by atoms with Gasteiger partial charge in [0.05, 0.1) is 0 Å². The molecule has 0 saturated heterocycles. The third-order valence-electron chi connectivity index (χ3n) is 2.69. The lowest BCUT2D eigenvalue weighted by Gasteiger charge is -2.16. The molecule has 2 aromatic rings. The highest BCUT2D eigenvalue weighted by Crippen LogP contribution is 2.25. The number of hydrogen-bond acceptors (Lipinski definition) is 3. The lowest BCUT2D eigenvalue weighted by molar-refractivity contribution is 0.565. The van der Waals surface area contributed by atoms with Gasteiger partial charge in [0, 0.05) is 23.8 Å². The monoisotopic (exact) mass is 213 g/mol. The Morgan fingerprint density at radius 2 is 2.31 bits per heavy atom. The number of hydrogen-bond donors (Lipinski definition) is 2. The molecule has 1 aromatic carbocycles. The summed E-state index contributed by atoms with van der Waals surface area (Å²) in [6.07, 6.45) is 6.33. The highest BCUT2D eigenvalue weighted by atomic mass is 15.2. The maximum absolute atomic E-state index is 5.57. The summed E-state index contributed by atoms with van der Waals surface area (Å²) in [6, 6.07) is 8.26. The maximum Gasteiger partial charge on any atom is 0.0500 e. The van der Waals surface area contributed by atoms with E-state index in [4.69, 9.17) is 5.84 Å². The summed E-state index contributed by atoms with van der Waals surface area (Å²) in [5, 5.41) is 2.31. The summed E-state index contributed by atoms with van der Waals surface area (Å²) >= 11 is 0. The van der Waals surface area contributed by atoms with Crippen molar-refractivity contribution in [1.82, 2.24) is 10.4 Å². The van der Waals surface area contributed by atoms with E-state index in [1.54, 1.807) is 6.20 Å². The first-order valence-electron chi connectivity index (χ1n) is 5.26. The number of nitrogens with one attached hydrogen (secondary N) is 1. The van der Waals surface area contributed by atoms with Crippen molar-refractivity contribution in [3.63, 3.8) is 0 Å². The lowest BCUT2D eigenvalue weighted by Crippen LogP contribution is -2.27. The molecule has 3 heteroatoms. The molecule has 3 N–H and O–H groups in total. The molecule has 1 aromatic heterocycles. The summed E-state index contributed by atoms with van der Waals surface area (Å²) in [5.41, 5.74) is 4.00. The average Bonchev–Trinajstić information content (AvgIpc) is 2.35. The van der Waals surface area contributed by atoms with Crippen LogP contribution < -0.4 is 11.3 Å². The van der Waals surface area contributed by atoms with Crippen LogP contribution in [0, 0.1) is 0 Å². The van der Waals surface area contributed by atoms with E-state index in [-0.39, 0.29) is 6.04 Å². The second-order valence-electron chi connectivity index (χ2n) is 3.69. The van der Waals surface area contributed by atoms with Gasteiger partial charge in [0.1, 0.15) is 0 Å². The standard InChI is InChI=1S/C13H15N3/c1-2-4-13(16-14)12-6-3-5-10-9-15-8-7-11(10)12/h2-3,5-9,13,16H,1,4,14H2. The minimum Gasteiger partial charge on any atom is -0.271 e. The van der Waals surface area contributed by atoms with Crippen molar-refractivity contribution in [3.05, 3.63) is 54.9 Å². The zero-order chi connectivity index (χ0) is 11.4. The number of aromatic nitrogens is 1. The van der Waals surface area contributed by atoms with Crippen LogP contribution in [0.15, 0.2) is 49.3 Å². The minimum atomic E-state index is 0.101. The molecule has 3 nitrogen and oxygen atoms in total. The van der Waals surface area contributed by atoms with Crippen LogP contribution in [0.3, 0.4) is 0 Å². The Morgan fingerprint density at radius 3 is 3.06 bits per heavy atom. The van der Waals surface area contributed by atoms with Crippen LogP contribution >= 0.6 is 0 Å². The Kier molecular flexibility index (Phi) is 3.29. The summed E-state index contributed by atoms with van der Waals surface area (Å²) in [7, 11) is 0. The molecule has 0 aliphatic carbocycles. The Labute approximate surface area is 95.0 Å². The highest BCUT2D eigenvalue weighted by molar-refractivity contribution is 5.85. The first-order valence-corrected chi connectivity index (χ1v) is 5.26. The molecule has 82 valence electrons. The number of pyridine rings is 1. The van der Waals surface area contributed by atoms with Gasteiger partial charge in [-0.3, -0.25) is 16.3 Å². The van der Waals surface area contributed by atoms with E-state index in [9.17, 15) is 0 Å². The molecule has 0 bridgehead atoms. The average molecular weight is 213 g/mol. The van der Waals surface area contributed by atoms with Gasteiger partial charge in [0.15, 0.2) is 0 Å². The first kappa shape index (κ1) is 10.8. The van der Waals surface area contributed by atoms with Gasteiger partial charge in [-0.25, -0.2) is 0 Å². The summed E-state index contributed by atoms with van der Waals surface area (Å²) in [6.45, 7) is 3.75. The molecule has 1 unspecified atom stereocenters. The van der Waals surface area contributed by atoms with Crippen molar-refractivity contribution < 1.29 is 0 Å². The first-order chi connectivity index (χ1) is 7.86. The smallest absolute Gasteiger partial charge is 0.0500 e. The third-order valence-corrected chi connectivity index (χ3v) is 2.69. The minimum absolute atomic E-state index is 0.101. The molecule has 0 amide bonds. The van der Waals surface area contributed by atoms with E-state index in [1.807, 2.05) is 30.5 Å². The van der Waals surface area contributed by atoms with Crippen LogP contribution in [0.4, 0.5) is 0 Å². The number of fused-ring (bicyclic) bond motifs is 1. The summed E-state index contributed by atoms with van der Waals surface area (Å²) in [5.74, 6) is 5.57. The molecule has 0 aliphatic rings. The van der Waals surface area contributed by atoms with Crippen LogP contribution in [0.25, 0.3) is 10.8 Å². The maximum atomic E-state index is 5.57. The molecule has 0 radical (unpaired) electrons. The Morgan fingerprint density at radius 1 is 1.44 bits per heavy atom. The van der Waals surface area contributed by atoms with Crippen molar-refractivity contribution in [2.45, 2.75) is 12.5 Å². The Bertz CT molecular complexity index is 488. The van der Waals surface area contributed by atoms with Crippen LogP contribution in [0.5, 0.6) is 0 Å². The fraction of sp³-hybridized carbons (Fsp3) is 0.154. The SMILES string of the molecule is C=CCC(NN)c1cccc2cnccc12. The predicted molar refractivity (Wildman–Crippen MR) is 66.6 cm³/mol. The van der Waals surface area contributed by atoms with Crippen LogP contribution in [0.1, 0.15) is 18.0 Å². The van der Waals surface area contributed by atoms with E-state index < -0.39 is 0 Å². The van der Waals surface area contributed by atoms with Crippen LogP contribution in [-0.2, 0) is 0 Å². The van der Waals surface area contributed by atoms with Gasteiger partial charge in [0.25, 0.3) is 0 Å². The van der Waals surface area contributed by atoms with Crippen LogP contribution in [0.2, 0.25) is 0 Å². The number of nitrogens with zero attached hydrogens (tertiary/aromatic N) is 1. The third kappa shape index (κ3) is 1.96. The van der Waals surface area contributed by atoms with Crippen molar-refractivity contribution in [2.75, 3.05) is 0 Å². The molecule has 0 saturated carbocycles. The van der Waals surface area contributed by atoms with E-state index in [1.165, 1.54) is 10.9 Å². The van der Waals surface area contributed by atoms with Crippen LogP contribution in [-0.4, -0.2) is 4.98 Å². The topological polar surface area (TPSA) is 50.9 Å². The van der Waals surface area contributed by atoms with E-state index in [0.29, 0.717) is 0 Å². The van der Waals surface area contributed by atoms with E-state index in [0.717, 1.165) is 11.8 Å². The summed E-state index contributed by atoms with van der Waals surface area (Å²) in [4.78, 5) is 4.11. The van der Waals surface area contributed by atoms with Crippen molar-refractivity contribution in [1.29, 1.82) is 0 Å².